The van der Waals surface area contributed by atoms with E-state index in [-0.39, 0.29) is 17.0 Å². The van der Waals surface area contributed by atoms with Gasteiger partial charge in [-0.1, -0.05) is 6.92 Å². The van der Waals surface area contributed by atoms with Crippen LogP contribution in [0.4, 0.5) is 0 Å². The minimum Gasteiger partial charge on any atom is -1.00 e. The third kappa shape index (κ3) is 12.3. The fourth-order valence-corrected chi connectivity index (χ4v) is 0.997. The van der Waals surface area contributed by atoms with Gasteiger partial charge >= 0.3 is 0 Å². The number of halogens is 1. The molecule has 0 aromatic heterocycles. The van der Waals surface area contributed by atoms with Crippen molar-refractivity contribution in [3.63, 3.8) is 0 Å². The molecule has 2 nitrogen and oxygen atoms in total. The Morgan fingerprint density at radius 1 is 1.31 bits per heavy atom. The molecule has 0 fully saturated rings. The zero-order valence-corrected chi connectivity index (χ0v) is 11.4. The Labute approximate surface area is 97.6 Å². The van der Waals surface area contributed by atoms with E-state index in [1.54, 1.807) is 0 Å². The molecule has 0 saturated heterocycles. The van der Waals surface area contributed by atoms with Gasteiger partial charge in [-0.25, -0.2) is 0 Å². The van der Waals surface area contributed by atoms with Crippen molar-refractivity contribution in [1.82, 2.24) is 0 Å². The molecule has 0 rings (SSSR count). The van der Waals surface area contributed by atoms with Crippen LogP contribution in [0.25, 0.3) is 0 Å². The van der Waals surface area contributed by atoms with Crippen LogP contribution in [0, 0.1) is 0 Å². The van der Waals surface area contributed by atoms with Crippen molar-refractivity contribution in [1.29, 1.82) is 0 Å². The molecule has 0 bridgehead atoms. The number of likely N-dealkylation sites (N-methyl/N-ethyl adjacent to an activating group) is 1. The van der Waals surface area contributed by atoms with E-state index in [4.69, 9.17) is 17.0 Å². The van der Waals surface area contributed by atoms with E-state index < -0.39 is 0 Å². The van der Waals surface area contributed by atoms with E-state index in [1.165, 1.54) is 0 Å². The zero-order chi connectivity index (χ0) is 9.61. The Balaban J connectivity index is 0. The Hall–Kier alpha value is 0.330. The second kappa shape index (κ2) is 7.71. The summed E-state index contributed by atoms with van der Waals surface area (Å²) >= 11 is 5.01. The van der Waals surface area contributed by atoms with E-state index in [1.807, 2.05) is 0 Å². The second-order valence-corrected chi connectivity index (χ2v) is 4.44. The lowest BCUT2D eigenvalue weighted by Crippen LogP contribution is -3.00. The van der Waals surface area contributed by atoms with E-state index >= 15 is 0 Å². The summed E-state index contributed by atoms with van der Waals surface area (Å²) < 4.78 is 6.30. The van der Waals surface area contributed by atoms with Gasteiger partial charge in [-0.15, -0.1) is 0 Å². The van der Waals surface area contributed by atoms with Crippen molar-refractivity contribution in [3.8, 4) is 0 Å². The molecule has 0 aliphatic rings. The third-order valence-corrected chi connectivity index (χ3v) is 1.80. The van der Waals surface area contributed by atoms with Crippen molar-refractivity contribution in [3.05, 3.63) is 0 Å². The standard InChI is InChI=1S/C9H20NOS.BrH/c1-5-6-9(12)11-8-7-10(2,3)4;/h5-8H2,1-4H3;1H/q+1;/p-1. The lowest BCUT2D eigenvalue weighted by molar-refractivity contribution is -0.870. The van der Waals surface area contributed by atoms with Crippen LogP contribution in [0.3, 0.4) is 0 Å². The lowest BCUT2D eigenvalue weighted by Gasteiger charge is -2.23. The minimum absolute atomic E-state index is 0. The molecular formula is C9H20BrNOS. The minimum atomic E-state index is 0. The smallest absolute Gasteiger partial charge is 0.159 e. The molecule has 80 valence electrons. The molecule has 0 saturated carbocycles. The summed E-state index contributed by atoms with van der Waals surface area (Å²) in [5.41, 5.74) is 0. The van der Waals surface area contributed by atoms with E-state index in [0.717, 1.165) is 35.5 Å². The number of rotatable bonds is 5. The quantitative estimate of drug-likeness (QED) is 0.460. The number of ether oxygens (including phenoxy) is 1. The molecule has 13 heavy (non-hydrogen) atoms. The highest BCUT2D eigenvalue weighted by Gasteiger charge is 2.06. The largest absolute Gasteiger partial charge is 1.00 e. The summed E-state index contributed by atoms with van der Waals surface area (Å²) in [5, 5.41) is 0.756. The van der Waals surface area contributed by atoms with Crippen LogP contribution >= 0.6 is 12.2 Å². The molecule has 0 amide bonds. The van der Waals surface area contributed by atoms with Gasteiger partial charge in [0.25, 0.3) is 0 Å². The van der Waals surface area contributed by atoms with Gasteiger partial charge in [0.1, 0.15) is 13.2 Å². The summed E-state index contributed by atoms with van der Waals surface area (Å²) in [6.45, 7) is 3.85. The molecule has 0 heterocycles. The van der Waals surface area contributed by atoms with Gasteiger partial charge in [0.2, 0.25) is 0 Å². The van der Waals surface area contributed by atoms with Gasteiger partial charge in [-0.3, -0.25) is 0 Å². The molecular weight excluding hydrogens is 250 g/mol. The Morgan fingerprint density at radius 2 is 1.85 bits per heavy atom. The predicted molar refractivity (Wildman–Crippen MR) is 56.4 cm³/mol. The molecule has 0 spiro atoms. The van der Waals surface area contributed by atoms with E-state index in [2.05, 4.69) is 28.1 Å². The first-order valence-electron chi connectivity index (χ1n) is 4.42. The molecule has 0 radical (unpaired) electrons. The van der Waals surface area contributed by atoms with Crippen LogP contribution in [0.2, 0.25) is 0 Å². The van der Waals surface area contributed by atoms with Crippen molar-refractivity contribution in [2.45, 2.75) is 19.8 Å². The third-order valence-electron chi connectivity index (χ3n) is 1.48. The highest BCUT2D eigenvalue weighted by Crippen LogP contribution is 1.96. The van der Waals surface area contributed by atoms with Crippen molar-refractivity contribution >= 4 is 17.3 Å². The number of nitrogens with zero attached hydrogens (tertiary/aromatic N) is 1. The highest BCUT2D eigenvalue weighted by molar-refractivity contribution is 7.80. The Kier molecular flexibility index (Phi) is 9.36. The average molecular weight is 270 g/mol. The topological polar surface area (TPSA) is 9.23 Å². The van der Waals surface area contributed by atoms with Gasteiger partial charge < -0.3 is 26.2 Å². The number of hydrogen-bond donors (Lipinski definition) is 0. The predicted octanol–water partition coefficient (Wildman–Crippen LogP) is -1.16. The number of quaternary nitrogens is 1. The summed E-state index contributed by atoms with van der Waals surface area (Å²) in [4.78, 5) is 0. The molecule has 0 unspecified atom stereocenters. The van der Waals surface area contributed by atoms with Crippen LogP contribution in [0.15, 0.2) is 0 Å². The maximum absolute atomic E-state index is 5.37. The summed E-state index contributed by atoms with van der Waals surface area (Å²) in [6.07, 6.45) is 1.98. The SMILES string of the molecule is CCCC(=S)OCC[N+](C)(C)C.[Br-]. The van der Waals surface area contributed by atoms with E-state index in [9.17, 15) is 0 Å². The maximum Gasteiger partial charge on any atom is 0.159 e. The maximum atomic E-state index is 5.37. The molecule has 0 aliphatic carbocycles. The van der Waals surface area contributed by atoms with Gasteiger partial charge in [0.05, 0.1) is 21.1 Å². The summed E-state index contributed by atoms with van der Waals surface area (Å²) in [6, 6.07) is 0. The lowest BCUT2D eigenvalue weighted by atomic mass is 10.4. The van der Waals surface area contributed by atoms with Crippen molar-refractivity contribution in [2.75, 3.05) is 34.3 Å². The van der Waals surface area contributed by atoms with Crippen LogP contribution in [0.5, 0.6) is 0 Å². The first kappa shape index (κ1) is 15.8. The molecule has 0 aliphatic heterocycles. The zero-order valence-electron chi connectivity index (χ0n) is 8.97. The molecule has 0 aromatic rings. The fraction of sp³-hybridized carbons (Fsp3) is 0.889. The average Bonchev–Trinajstić information content (AvgIpc) is 1.84. The van der Waals surface area contributed by atoms with Crippen LogP contribution in [0.1, 0.15) is 19.8 Å². The van der Waals surface area contributed by atoms with E-state index in [0.29, 0.717) is 0 Å². The van der Waals surface area contributed by atoms with Crippen LogP contribution in [-0.2, 0) is 4.74 Å². The van der Waals surface area contributed by atoms with Gasteiger partial charge in [-0.2, -0.15) is 0 Å². The molecule has 4 heteroatoms. The summed E-state index contributed by atoms with van der Waals surface area (Å²) in [5.74, 6) is 0. The van der Waals surface area contributed by atoms with Gasteiger partial charge in [0, 0.05) is 6.42 Å². The molecule has 0 atom stereocenters. The fourth-order valence-electron chi connectivity index (χ4n) is 0.710. The van der Waals surface area contributed by atoms with Crippen molar-refractivity contribution in [2.24, 2.45) is 0 Å². The Morgan fingerprint density at radius 3 is 2.23 bits per heavy atom. The summed E-state index contributed by atoms with van der Waals surface area (Å²) in [7, 11) is 6.44. The first-order valence-corrected chi connectivity index (χ1v) is 4.82. The molecule has 0 aromatic carbocycles. The Bertz CT molecular complexity index is 145. The van der Waals surface area contributed by atoms with Crippen molar-refractivity contribution < 1.29 is 26.2 Å². The highest BCUT2D eigenvalue weighted by atomic mass is 79.9. The van der Waals surface area contributed by atoms with Gasteiger partial charge in [0.15, 0.2) is 5.05 Å². The molecule has 0 N–H and O–H groups in total. The first-order chi connectivity index (χ1) is 5.45. The number of hydrogen-bond acceptors (Lipinski definition) is 2. The monoisotopic (exact) mass is 269 g/mol. The van der Waals surface area contributed by atoms with Crippen LogP contribution in [-0.4, -0.2) is 43.8 Å². The van der Waals surface area contributed by atoms with Crippen LogP contribution < -0.4 is 17.0 Å². The van der Waals surface area contributed by atoms with Gasteiger partial charge in [-0.05, 0) is 18.6 Å². The number of thiocarbonyl (C=S) groups is 1. The normalized spacial score (nSPS) is 10.5. The second-order valence-electron chi connectivity index (χ2n) is 3.98.